The van der Waals surface area contributed by atoms with Gasteiger partial charge < -0.3 is 9.47 Å². The first-order valence-electron chi connectivity index (χ1n) is 6.08. The lowest BCUT2D eigenvalue weighted by Crippen LogP contribution is -2.16. The van der Waals surface area contributed by atoms with Crippen molar-refractivity contribution in [3.63, 3.8) is 0 Å². The van der Waals surface area contributed by atoms with E-state index in [4.69, 9.17) is 14.7 Å². The molecule has 1 heterocycles. The average molecular weight is 266 g/mol. The number of nitrogens with one attached hydrogen (secondary N) is 1. The molecule has 1 rings (SSSR count). The molecule has 1 aromatic heterocycles. The quantitative estimate of drug-likeness (QED) is 0.724. The van der Waals surface area contributed by atoms with Crippen LogP contribution in [0.1, 0.15) is 19.3 Å². The molecule has 1 amide bonds. The Bertz CT molecular complexity index is 425. The van der Waals surface area contributed by atoms with E-state index in [0.29, 0.717) is 18.7 Å². The molecular weight excluding hydrogens is 248 g/mol. The number of carbonyl (C=O) groups is 1. The third kappa shape index (κ3) is 6.43. The highest BCUT2D eigenvalue weighted by atomic mass is 16.6. The van der Waals surface area contributed by atoms with Crippen LogP contribution in [-0.2, 0) is 16.0 Å². The van der Waals surface area contributed by atoms with Gasteiger partial charge in [-0.2, -0.15) is 10.4 Å². The highest BCUT2D eigenvalue weighted by Crippen LogP contribution is 2.07. The summed E-state index contributed by atoms with van der Waals surface area (Å²) in [6.07, 6.45) is 5.04. The summed E-state index contributed by atoms with van der Waals surface area (Å²) in [5.41, 5.74) is 0.586. The van der Waals surface area contributed by atoms with E-state index in [-0.39, 0.29) is 6.61 Å². The van der Waals surface area contributed by atoms with Gasteiger partial charge in [-0.05, 0) is 12.8 Å². The second-order valence-corrected chi connectivity index (χ2v) is 3.86. The van der Waals surface area contributed by atoms with Gasteiger partial charge in [-0.3, -0.25) is 10.00 Å². The number of aryl methyl sites for hydroxylation is 1. The Morgan fingerprint density at radius 3 is 3.11 bits per heavy atom. The standard InChI is InChI=1S/C12H18N4O3/c1-18-7-8-19-12(17)15-11-9-14-16(10-11)6-4-2-3-5-13/h9-10H,2-4,6-8H2,1H3,(H,15,17). The number of nitrogens with zero attached hydrogens (tertiary/aromatic N) is 3. The Morgan fingerprint density at radius 1 is 1.53 bits per heavy atom. The number of carbonyl (C=O) groups excluding carboxylic acids is 1. The number of hydrogen-bond donors (Lipinski definition) is 1. The van der Waals surface area contributed by atoms with Crippen LogP contribution in [0.25, 0.3) is 0 Å². The number of aromatic nitrogens is 2. The van der Waals surface area contributed by atoms with Crippen molar-refractivity contribution in [2.75, 3.05) is 25.6 Å². The highest BCUT2D eigenvalue weighted by molar-refractivity contribution is 5.84. The second-order valence-electron chi connectivity index (χ2n) is 3.86. The Balaban J connectivity index is 2.26. The van der Waals surface area contributed by atoms with Crippen molar-refractivity contribution in [1.29, 1.82) is 5.26 Å². The van der Waals surface area contributed by atoms with Crippen LogP contribution in [0.4, 0.5) is 10.5 Å². The minimum atomic E-state index is -0.527. The van der Waals surface area contributed by atoms with E-state index in [9.17, 15) is 4.79 Å². The van der Waals surface area contributed by atoms with E-state index in [1.807, 2.05) is 0 Å². The van der Waals surface area contributed by atoms with Gasteiger partial charge in [-0.15, -0.1) is 0 Å². The molecule has 1 aromatic rings. The molecule has 0 saturated carbocycles. The lowest BCUT2D eigenvalue weighted by molar-refractivity contribution is 0.107. The summed E-state index contributed by atoms with van der Waals surface area (Å²) in [5, 5.41) is 15.1. The zero-order valence-electron chi connectivity index (χ0n) is 11.0. The van der Waals surface area contributed by atoms with Gasteiger partial charge in [-0.25, -0.2) is 4.79 Å². The highest BCUT2D eigenvalue weighted by Gasteiger charge is 2.05. The Hall–Kier alpha value is -2.07. The van der Waals surface area contributed by atoms with Crippen LogP contribution in [0, 0.1) is 11.3 Å². The van der Waals surface area contributed by atoms with Gasteiger partial charge in [0.25, 0.3) is 0 Å². The maximum absolute atomic E-state index is 11.3. The molecule has 0 unspecified atom stereocenters. The summed E-state index contributed by atoms with van der Waals surface area (Å²) in [7, 11) is 1.54. The van der Waals surface area contributed by atoms with E-state index in [1.54, 1.807) is 17.1 Å². The summed E-state index contributed by atoms with van der Waals surface area (Å²) in [5.74, 6) is 0. The Kier molecular flexibility index (Phi) is 7.05. The molecule has 104 valence electrons. The fourth-order valence-electron chi connectivity index (χ4n) is 1.40. The van der Waals surface area contributed by atoms with Gasteiger partial charge in [0, 0.05) is 26.3 Å². The number of unbranched alkanes of at least 4 members (excludes halogenated alkanes) is 2. The van der Waals surface area contributed by atoms with Crippen molar-refractivity contribution >= 4 is 11.8 Å². The molecule has 19 heavy (non-hydrogen) atoms. The summed E-state index contributed by atoms with van der Waals surface area (Å²) in [4.78, 5) is 11.3. The van der Waals surface area contributed by atoms with Crippen LogP contribution in [0.15, 0.2) is 12.4 Å². The van der Waals surface area contributed by atoms with Crippen LogP contribution in [-0.4, -0.2) is 36.2 Å². The third-order valence-corrected chi connectivity index (χ3v) is 2.33. The monoisotopic (exact) mass is 266 g/mol. The Morgan fingerprint density at radius 2 is 2.37 bits per heavy atom. The lowest BCUT2D eigenvalue weighted by Gasteiger charge is -2.04. The van der Waals surface area contributed by atoms with E-state index in [2.05, 4.69) is 16.5 Å². The summed E-state index contributed by atoms with van der Waals surface area (Å²) >= 11 is 0. The smallest absolute Gasteiger partial charge is 0.411 e. The normalized spacial score (nSPS) is 9.89. The molecule has 0 fully saturated rings. The van der Waals surface area contributed by atoms with E-state index in [0.717, 1.165) is 19.4 Å². The van der Waals surface area contributed by atoms with Crippen LogP contribution in [0.2, 0.25) is 0 Å². The fourth-order valence-corrected chi connectivity index (χ4v) is 1.40. The van der Waals surface area contributed by atoms with Crippen molar-refractivity contribution in [3.05, 3.63) is 12.4 Å². The van der Waals surface area contributed by atoms with Crippen LogP contribution in [0.3, 0.4) is 0 Å². The van der Waals surface area contributed by atoms with Gasteiger partial charge in [-0.1, -0.05) is 0 Å². The first-order chi connectivity index (χ1) is 9.26. The van der Waals surface area contributed by atoms with Crippen molar-refractivity contribution in [3.8, 4) is 6.07 Å². The zero-order chi connectivity index (χ0) is 13.9. The van der Waals surface area contributed by atoms with E-state index in [1.165, 1.54) is 7.11 Å². The zero-order valence-corrected chi connectivity index (χ0v) is 11.0. The predicted molar refractivity (Wildman–Crippen MR) is 68.5 cm³/mol. The minimum absolute atomic E-state index is 0.213. The van der Waals surface area contributed by atoms with Crippen molar-refractivity contribution in [1.82, 2.24) is 9.78 Å². The number of hydrogen-bond acceptors (Lipinski definition) is 5. The predicted octanol–water partition coefficient (Wildman–Crippen LogP) is 1.77. The molecule has 7 heteroatoms. The minimum Gasteiger partial charge on any atom is -0.447 e. The van der Waals surface area contributed by atoms with E-state index >= 15 is 0 Å². The van der Waals surface area contributed by atoms with Gasteiger partial charge in [0.1, 0.15) is 6.61 Å². The molecule has 0 aliphatic heterocycles. The first kappa shape index (κ1) is 15.0. The van der Waals surface area contributed by atoms with Crippen molar-refractivity contribution in [2.45, 2.75) is 25.8 Å². The molecule has 0 aliphatic rings. The molecule has 0 bridgehead atoms. The number of nitriles is 1. The average Bonchev–Trinajstić information content (AvgIpc) is 2.82. The van der Waals surface area contributed by atoms with Crippen molar-refractivity contribution in [2.24, 2.45) is 0 Å². The molecule has 0 radical (unpaired) electrons. The topological polar surface area (TPSA) is 89.2 Å². The molecule has 0 saturated heterocycles. The fraction of sp³-hybridized carbons (Fsp3) is 0.583. The van der Waals surface area contributed by atoms with Gasteiger partial charge in [0.2, 0.25) is 0 Å². The molecule has 1 N–H and O–H groups in total. The maximum Gasteiger partial charge on any atom is 0.411 e. The summed E-state index contributed by atoms with van der Waals surface area (Å²) in [6.45, 7) is 1.30. The van der Waals surface area contributed by atoms with Crippen molar-refractivity contribution < 1.29 is 14.3 Å². The number of rotatable bonds is 8. The third-order valence-electron chi connectivity index (χ3n) is 2.33. The van der Waals surface area contributed by atoms with Gasteiger partial charge >= 0.3 is 6.09 Å². The number of amides is 1. The van der Waals surface area contributed by atoms with Crippen LogP contribution < -0.4 is 5.32 Å². The van der Waals surface area contributed by atoms with E-state index < -0.39 is 6.09 Å². The number of anilines is 1. The van der Waals surface area contributed by atoms with Crippen LogP contribution in [0.5, 0.6) is 0 Å². The first-order valence-corrected chi connectivity index (χ1v) is 6.08. The van der Waals surface area contributed by atoms with Crippen LogP contribution >= 0.6 is 0 Å². The SMILES string of the molecule is COCCOC(=O)Nc1cnn(CCCCC#N)c1. The molecule has 0 atom stereocenters. The molecule has 0 aliphatic carbocycles. The largest absolute Gasteiger partial charge is 0.447 e. The van der Waals surface area contributed by atoms with Gasteiger partial charge in [0.05, 0.1) is 24.6 Å². The van der Waals surface area contributed by atoms with Gasteiger partial charge in [0.15, 0.2) is 0 Å². The number of ether oxygens (including phenoxy) is 2. The molecule has 0 spiro atoms. The Labute approximate surface area is 112 Å². The summed E-state index contributed by atoms with van der Waals surface area (Å²) < 4.78 is 11.4. The maximum atomic E-state index is 11.3. The molecular formula is C12H18N4O3. The second kappa shape index (κ2) is 8.94. The lowest BCUT2D eigenvalue weighted by atomic mass is 10.2. The number of methoxy groups -OCH3 is 1. The molecule has 7 nitrogen and oxygen atoms in total. The summed E-state index contributed by atoms with van der Waals surface area (Å²) in [6, 6.07) is 2.10. The molecule has 0 aromatic carbocycles.